The Bertz CT molecular complexity index is 619. The van der Waals surface area contributed by atoms with E-state index in [2.05, 4.69) is 60.7 Å². The molecule has 0 saturated carbocycles. The minimum atomic E-state index is -0.387. The molecule has 2 N–H and O–H groups in total. The number of hydrogen-bond acceptors (Lipinski definition) is 3. The van der Waals surface area contributed by atoms with Crippen molar-refractivity contribution < 1.29 is 14.6 Å². The van der Waals surface area contributed by atoms with E-state index in [-0.39, 0.29) is 40.8 Å². The van der Waals surface area contributed by atoms with Crippen LogP contribution < -0.4 is 5.32 Å². The zero-order chi connectivity index (χ0) is 18.5. The summed E-state index contributed by atoms with van der Waals surface area (Å²) in [7, 11) is 0. The van der Waals surface area contributed by atoms with Crippen molar-refractivity contribution in [1.82, 2.24) is 5.32 Å². The van der Waals surface area contributed by atoms with Crippen molar-refractivity contribution in [2.24, 2.45) is 5.41 Å². The average molecular weight is 370 g/mol. The van der Waals surface area contributed by atoms with Gasteiger partial charge >= 0.3 is 6.09 Å². The summed E-state index contributed by atoms with van der Waals surface area (Å²) in [5.41, 5.74) is 2.21. The molecule has 1 amide bonds. The third-order valence-electron chi connectivity index (χ3n) is 4.70. The van der Waals surface area contributed by atoms with Crippen LogP contribution in [-0.4, -0.2) is 17.8 Å². The van der Waals surface area contributed by atoms with Crippen LogP contribution in [0.2, 0.25) is 0 Å². The van der Waals surface area contributed by atoms with Crippen LogP contribution in [0.1, 0.15) is 78.1 Å². The number of hydrogen-bond donors (Lipinski definition) is 2. The van der Waals surface area contributed by atoms with Gasteiger partial charge in [-0.1, -0.05) is 55.4 Å². The van der Waals surface area contributed by atoms with Crippen molar-refractivity contribution in [2.75, 3.05) is 6.61 Å². The number of aromatic hydroxyl groups is 1. The molecule has 0 radical (unpaired) electrons. The monoisotopic (exact) mass is 369 g/mol. The fourth-order valence-corrected chi connectivity index (χ4v) is 3.19. The summed E-state index contributed by atoms with van der Waals surface area (Å²) in [5, 5.41) is 13.8. The van der Waals surface area contributed by atoms with Gasteiger partial charge in [-0.05, 0) is 39.7 Å². The van der Waals surface area contributed by atoms with Gasteiger partial charge in [0.05, 0.1) is 6.04 Å². The minimum Gasteiger partial charge on any atom is -0.507 e. The summed E-state index contributed by atoms with van der Waals surface area (Å²) < 4.78 is 5.16. The number of ether oxygens (including phenoxy) is 1. The van der Waals surface area contributed by atoms with Crippen molar-refractivity contribution in [1.29, 1.82) is 0 Å². The van der Waals surface area contributed by atoms with E-state index in [1.165, 1.54) is 0 Å². The van der Waals surface area contributed by atoms with Gasteiger partial charge in [-0.15, -0.1) is 12.4 Å². The zero-order valence-corrected chi connectivity index (χ0v) is 17.4. The van der Waals surface area contributed by atoms with Gasteiger partial charge in [-0.2, -0.15) is 0 Å². The van der Waals surface area contributed by atoms with Gasteiger partial charge in [-0.3, -0.25) is 0 Å². The van der Waals surface area contributed by atoms with Crippen LogP contribution in [0.5, 0.6) is 5.75 Å². The number of carbonyl (C=O) groups excluding carboxylic acids is 1. The van der Waals surface area contributed by atoms with E-state index in [9.17, 15) is 9.90 Å². The number of amides is 1. The zero-order valence-electron chi connectivity index (χ0n) is 16.6. The molecule has 1 fully saturated rings. The highest BCUT2D eigenvalue weighted by Crippen LogP contribution is 2.44. The van der Waals surface area contributed by atoms with E-state index in [0.29, 0.717) is 12.4 Å². The van der Waals surface area contributed by atoms with E-state index in [1.54, 1.807) is 0 Å². The highest BCUT2D eigenvalue weighted by Gasteiger charge is 2.39. The number of rotatable bonds is 1. The first-order valence-corrected chi connectivity index (χ1v) is 8.54. The predicted molar refractivity (Wildman–Crippen MR) is 104 cm³/mol. The number of alkyl carbamates (subject to hydrolysis) is 1. The molecule has 0 bridgehead atoms. The Kier molecular flexibility index (Phi) is 5.81. The second-order valence-electron chi connectivity index (χ2n) is 9.61. The quantitative estimate of drug-likeness (QED) is 0.713. The Morgan fingerprint density at radius 3 is 1.92 bits per heavy atom. The summed E-state index contributed by atoms with van der Waals surface area (Å²) in [6.07, 6.45) is -0.387. The van der Waals surface area contributed by atoms with Gasteiger partial charge in [0.15, 0.2) is 0 Å². The third kappa shape index (κ3) is 4.41. The van der Waals surface area contributed by atoms with Crippen LogP contribution in [0.25, 0.3) is 0 Å². The molecule has 1 aromatic carbocycles. The lowest BCUT2D eigenvalue weighted by molar-refractivity contribution is 0.0386. The van der Waals surface area contributed by atoms with Gasteiger partial charge in [0, 0.05) is 5.41 Å². The standard InChI is InChI=1S/C20H31NO3.ClH/c1-18(2,3)13-9-12(10-14(15(13)22)19(4,5)6)16-20(7,8)11-24-17(23)21-16;/h9-10,16,22H,11H2,1-8H3,(H,21,23);1H/t16-;/m0./s1. The topological polar surface area (TPSA) is 58.6 Å². The highest BCUT2D eigenvalue weighted by atomic mass is 35.5. The second kappa shape index (κ2) is 6.71. The van der Waals surface area contributed by atoms with Gasteiger partial charge < -0.3 is 15.2 Å². The molecule has 1 saturated heterocycles. The summed E-state index contributed by atoms with van der Waals surface area (Å²) in [4.78, 5) is 11.8. The van der Waals surface area contributed by atoms with Crippen LogP contribution >= 0.6 is 12.4 Å². The molecule has 1 aromatic rings. The van der Waals surface area contributed by atoms with Crippen LogP contribution in [0, 0.1) is 5.41 Å². The number of phenols is 1. The number of halogens is 1. The second-order valence-corrected chi connectivity index (χ2v) is 9.61. The van der Waals surface area contributed by atoms with Crippen LogP contribution in [0.15, 0.2) is 12.1 Å². The maximum absolute atomic E-state index is 11.8. The Balaban J connectivity index is 0.00000312. The first-order valence-electron chi connectivity index (χ1n) is 8.54. The molecule has 5 heteroatoms. The Morgan fingerprint density at radius 1 is 1.08 bits per heavy atom. The molecular formula is C20H32ClNO3. The van der Waals surface area contributed by atoms with E-state index in [4.69, 9.17) is 4.74 Å². The predicted octanol–water partition coefficient (Wildman–Crippen LogP) is 5.22. The maximum Gasteiger partial charge on any atom is 0.407 e. The fourth-order valence-electron chi connectivity index (χ4n) is 3.19. The molecule has 0 aliphatic carbocycles. The highest BCUT2D eigenvalue weighted by molar-refractivity contribution is 5.85. The van der Waals surface area contributed by atoms with Gasteiger partial charge in [0.1, 0.15) is 12.4 Å². The van der Waals surface area contributed by atoms with Crippen molar-refractivity contribution in [3.05, 3.63) is 28.8 Å². The van der Waals surface area contributed by atoms with Gasteiger partial charge in [-0.25, -0.2) is 4.79 Å². The molecule has 1 aliphatic rings. The first kappa shape index (κ1) is 21.6. The third-order valence-corrected chi connectivity index (χ3v) is 4.70. The first-order chi connectivity index (χ1) is 10.7. The Hall–Kier alpha value is -1.42. The molecule has 1 aliphatic heterocycles. The minimum absolute atomic E-state index is 0. The van der Waals surface area contributed by atoms with Gasteiger partial charge in [0.2, 0.25) is 0 Å². The van der Waals surface area contributed by atoms with Crippen molar-refractivity contribution in [2.45, 2.75) is 72.3 Å². The number of cyclic esters (lactones) is 1. The fraction of sp³-hybridized carbons (Fsp3) is 0.650. The Morgan fingerprint density at radius 2 is 1.52 bits per heavy atom. The lowest BCUT2D eigenvalue weighted by Gasteiger charge is -2.40. The van der Waals surface area contributed by atoms with Crippen LogP contribution in [-0.2, 0) is 15.6 Å². The van der Waals surface area contributed by atoms with Crippen LogP contribution in [0.4, 0.5) is 4.79 Å². The molecule has 1 heterocycles. The van der Waals surface area contributed by atoms with E-state index < -0.39 is 0 Å². The number of benzene rings is 1. The van der Waals surface area contributed by atoms with Crippen molar-refractivity contribution >= 4 is 18.5 Å². The normalized spacial score (nSPS) is 20.3. The molecule has 1 atom stereocenters. The maximum atomic E-state index is 11.8. The Labute approximate surface area is 157 Å². The SMILES string of the molecule is CC(C)(C)c1cc([C@@H]2NC(=O)OCC2(C)C)cc(C(C)(C)C)c1O.Cl. The average Bonchev–Trinajstić information content (AvgIpc) is 2.39. The number of nitrogens with one attached hydrogen (secondary N) is 1. The molecule has 4 nitrogen and oxygen atoms in total. The molecule has 25 heavy (non-hydrogen) atoms. The van der Waals surface area contributed by atoms with Crippen molar-refractivity contribution in [3.8, 4) is 5.75 Å². The number of carbonyl (C=O) groups is 1. The van der Waals surface area contributed by atoms with E-state index in [1.807, 2.05) is 12.1 Å². The molecular weight excluding hydrogens is 338 g/mol. The molecule has 0 aromatic heterocycles. The molecule has 0 spiro atoms. The van der Waals surface area contributed by atoms with E-state index >= 15 is 0 Å². The lowest BCUT2D eigenvalue weighted by Crippen LogP contribution is -2.47. The smallest absolute Gasteiger partial charge is 0.407 e. The van der Waals surface area contributed by atoms with Gasteiger partial charge in [0.25, 0.3) is 0 Å². The number of phenolic OH excluding ortho intramolecular Hbond substituents is 1. The molecule has 0 unspecified atom stereocenters. The van der Waals surface area contributed by atoms with E-state index in [0.717, 1.165) is 16.7 Å². The van der Waals surface area contributed by atoms with Crippen molar-refractivity contribution in [3.63, 3.8) is 0 Å². The van der Waals surface area contributed by atoms with Crippen LogP contribution in [0.3, 0.4) is 0 Å². The molecule has 2 rings (SSSR count). The largest absolute Gasteiger partial charge is 0.507 e. The summed E-state index contributed by atoms with van der Waals surface area (Å²) in [6, 6.07) is 3.91. The summed E-state index contributed by atoms with van der Waals surface area (Å²) >= 11 is 0. The molecule has 142 valence electrons. The summed E-state index contributed by atoms with van der Waals surface area (Å²) in [5.74, 6) is 0.356. The summed E-state index contributed by atoms with van der Waals surface area (Å²) in [6.45, 7) is 17.1. The lowest BCUT2D eigenvalue weighted by atomic mass is 9.74.